The second-order valence-electron chi connectivity index (χ2n) is 6.20. The van der Waals surface area contributed by atoms with Crippen molar-refractivity contribution in [3.8, 4) is 0 Å². The molecule has 0 radical (unpaired) electrons. The number of aryl methyl sites for hydroxylation is 1. The quantitative estimate of drug-likeness (QED) is 0.836. The van der Waals surface area contributed by atoms with Gasteiger partial charge in [-0.05, 0) is 55.8 Å². The zero-order chi connectivity index (χ0) is 17.3. The van der Waals surface area contributed by atoms with Crippen molar-refractivity contribution < 1.29 is 8.42 Å². The molecule has 24 heavy (non-hydrogen) atoms. The summed E-state index contributed by atoms with van der Waals surface area (Å²) in [5.41, 5.74) is 2.35. The van der Waals surface area contributed by atoms with Gasteiger partial charge in [-0.15, -0.1) is 0 Å². The van der Waals surface area contributed by atoms with Crippen molar-refractivity contribution in [3.63, 3.8) is 0 Å². The van der Waals surface area contributed by atoms with Gasteiger partial charge in [0.25, 0.3) is 0 Å². The molecule has 3 rings (SSSR count). The summed E-state index contributed by atoms with van der Waals surface area (Å²) in [6, 6.07) is 14.8. The first-order valence-corrected chi connectivity index (χ1v) is 9.79. The van der Waals surface area contributed by atoms with Gasteiger partial charge in [-0.3, -0.25) is 0 Å². The largest absolute Gasteiger partial charge is 0.366 e. The molecule has 1 saturated heterocycles. The normalized spacial score (nSPS) is 19.5. The molecule has 0 aliphatic carbocycles. The Morgan fingerprint density at radius 1 is 1.08 bits per heavy atom. The van der Waals surface area contributed by atoms with E-state index >= 15 is 0 Å². The summed E-state index contributed by atoms with van der Waals surface area (Å²) >= 11 is 5.86. The van der Waals surface area contributed by atoms with E-state index in [0.717, 1.165) is 5.69 Å². The molecule has 0 spiro atoms. The first-order chi connectivity index (χ1) is 11.4. The average Bonchev–Trinajstić information content (AvgIpc) is 2.55. The maximum absolute atomic E-state index is 12.8. The number of halogens is 1. The zero-order valence-corrected chi connectivity index (χ0v) is 15.4. The van der Waals surface area contributed by atoms with Crippen molar-refractivity contribution in [2.45, 2.75) is 24.8 Å². The van der Waals surface area contributed by atoms with Crippen LogP contribution in [0.4, 0.5) is 5.69 Å². The summed E-state index contributed by atoms with van der Waals surface area (Å²) in [6.07, 6.45) is 0. The number of piperazine rings is 1. The Kier molecular flexibility index (Phi) is 4.85. The highest BCUT2D eigenvalue weighted by Gasteiger charge is 2.32. The fourth-order valence-corrected chi connectivity index (χ4v) is 4.73. The SMILES string of the molecule is Cc1cccc(N2CCN(S(=O)(=O)c3ccc(Cl)cc3)CC2C)c1. The van der Waals surface area contributed by atoms with Gasteiger partial charge in [-0.1, -0.05) is 23.7 Å². The molecule has 1 heterocycles. The monoisotopic (exact) mass is 364 g/mol. The molecular formula is C18H21ClN2O2S. The lowest BCUT2D eigenvalue weighted by Gasteiger charge is -2.40. The van der Waals surface area contributed by atoms with Crippen LogP contribution in [0.2, 0.25) is 5.02 Å². The number of hydrogen-bond donors (Lipinski definition) is 0. The van der Waals surface area contributed by atoms with E-state index in [1.165, 1.54) is 5.56 Å². The molecule has 1 aliphatic heterocycles. The molecule has 1 unspecified atom stereocenters. The van der Waals surface area contributed by atoms with E-state index < -0.39 is 10.0 Å². The van der Waals surface area contributed by atoms with E-state index in [9.17, 15) is 8.42 Å². The molecule has 0 N–H and O–H groups in total. The van der Waals surface area contributed by atoms with Gasteiger partial charge in [-0.2, -0.15) is 4.31 Å². The number of nitrogens with zero attached hydrogens (tertiary/aromatic N) is 2. The van der Waals surface area contributed by atoms with Crippen LogP contribution >= 0.6 is 11.6 Å². The summed E-state index contributed by atoms with van der Waals surface area (Å²) in [5.74, 6) is 0. The lowest BCUT2D eigenvalue weighted by atomic mass is 10.1. The minimum absolute atomic E-state index is 0.114. The number of benzene rings is 2. The van der Waals surface area contributed by atoms with Crippen molar-refractivity contribution in [2.75, 3.05) is 24.5 Å². The van der Waals surface area contributed by atoms with Crippen molar-refractivity contribution >= 4 is 27.3 Å². The highest BCUT2D eigenvalue weighted by molar-refractivity contribution is 7.89. The van der Waals surface area contributed by atoms with Gasteiger partial charge in [0.05, 0.1) is 4.90 Å². The Labute approximate surface area is 148 Å². The van der Waals surface area contributed by atoms with Crippen LogP contribution in [0.5, 0.6) is 0 Å². The maximum atomic E-state index is 12.8. The van der Waals surface area contributed by atoms with E-state index in [-0.39, 0.29) is 6.04 Å². The minimum atomic E-state index is -3.48. The molecule has 1 fully saturated rings. The Balaban J connectivity index is 1.79. The Hall–Kier alpha value is -1.56. The van der Waals surface area contributed by atoms with E-state index in [1.807, 2.05) is 6.07 Å². The van der Waals surface area contributed by atoms with Crippen LogP contribution in [0.15, 0.2) is 53.4 Å². The van der Waals surface area contributed by atoms with E-state index in [4.69, 9.17) is 11.6 Å². The molecule has 0 amide bonds. The standard InChI is InChI=1S/C18H21ClN2O2S/c1-14-4-3-5-17(12-14)21-11-10-20(13-15(21)2)24(22,23)18-8-6-16(19)7-9-18/h3-9,12,15H,10-11,13H2,1-2H3. The lowest BCUT2D eigenvalue weighted by Crippen LogP contribution is -2.53. The number of rotatable bonds is 3. The molecule has 1 atom stereocenters. The number of sulfonamides is 1. The zero-order valence-electron chi connectivity index (χ0n) is 13.8. The van der Waals surface area contributed by atoms with Gasteiger partial charge in [-0.25, -0.2) is 8.42 Å². The third-order valence-electron chi connectivity index (χ3n) is 4.37. The first-order valence-electron chi connectivity index (χ1n) is 7.97. The van der Waals surface area contributed by atoms with Crippen molar-refractivity contribution in [2.24, 2.45) is 0 Å². The predicted octanol–water partition coefficient (Wildman–Crippen LogP) is 3.55. The van der Waals surface area contributed by atoms with Crippen molar-refractivity contribution in [1.29, 1.82) is 0 Å². The molecule has 0 aromatic heterocycles. The van der Waals surface area contributed by atoms with Crippen LogP contribution in [0.1, 0.15) is 12.5 Å². The molecular weight excluding hydrogens is 344 g/mol. The van der Waals surface area contributed by atoms with Crippen LogP contribution in [0.3, 0.4) is 0 Å². The van der Waals surface area contributed by atoms with Gasteiger partial charge in [0.1, 0.15) is 0 Å². The predicted molar refractivity (Wildman–Crippen MR) is 98.2 cm³/mol. The molecule has 6 heteroatoms. The number of hydrogen-bond acceptors (Lipinski definition) is 3. The van der Waals surface area contributed by atoms with Crippen LogP contribution in [0, 0.1) is 6.92 Å². The van der Waals surface area contributed by atoms with Crippen LogP contribution in [0.25, 0.3) is 0 Å². The van der Waals surface area contributed by atoms with Gasteiger partial charge >= 0.3 is 0 Å². The Morgan fingerprint density at radius 3 is 2.42 bits per heavy atom. The first kappa shape index (κ1) is 17.3. The minimum Gasteiger partial charge on any atom is -0.366 e. The van der Waals surface area contributed by atoms with E-state index in [0.29, 0.717) is 29.6 Å². The molecule has 2 aromatic rings. The van der Waals surface area contributed by atoms with Gasteiger partial charge in [0.2, 0.25) is 10.0 Å². The topological polar surface area (TPSA) is 40.6 Å². The fourth-order valence-electron chi connectivity index (χ4n) is 3.09. The average molecular weight is 365 g/mol. The summed E-state index contributed by atoms with van der Waals surface area (Å²) in [6.45, 7) is 5.75. The Morgan fingerprint density at radius 2 is 1.79 bits per heavy atom. The number of anilines is 1. The van der Waals surface area contributed by atoms with Gasteiger partial charge in [0, 0.05) is 36.4 Å². The van der Waals surface area contributed by atoms with Crippen LogP contribution < -0.4 is 4.90 Å². The maximum Gasteiger partial charge on any atom is 0.243 e. The third-order valence-corrected chi connectivity index (χ3v) is 6.51. The Bertz CT molecular complexity index is 821. The smallest absolute Gasteiger partial charge is 0.243 e. The van der Waals surface area contributed by atoms with E-state index in [2.05, 4.69) is 36.9 Å². The molecule has 2 aromatic carbocycles. The lowest BCUT2D eigenvalue weighted by molar-refractivity contribution is 0.342. The van der Waals surface area contributed by atoms with Crippen LogP contribution in [-0.4, -0.2) is 38.4 Å². The highest BCUT2D eigenvalue weighted by atomic mass is 35.5. The molecule has 4 nitrogen and oxygen atoms in total. The van der Waals surface area contributed by atoms with Gasteiger partial charge < -0.3 is 4.90 Å². The molecule has 128 valence electrons. The second kappa shape index (κ2) is 6.75. The highest BCUT2D eigenvalue weighted by Crippen LogP contribution is 2.25. The van der Waals surface area contributed by atoms with Crippen molar-refractivity contribution in [1.82, 2.24) is 4.31 Å². The summed E-state index contributed by atoms with van der Waals surface area (Å²) in [5, 5.41) is 0.534. The van der Waals surface area contributed by atoms with Gasteiger partial charge in [0.15, 0.2) is 0 Å². The third kappa shape index (κ3) is 3.43. The summed E-state index contributed by atoms with van der Waals surface area (Å²) < 4.78 is 27.2. The van der Waals surface area contributed by atoms with E-state index in [1.54, 1.807) is 28.6 Å². The molecule has 0 saturated carbocycles. The van der Waals surface area contributed by atoms with Crippen molar-refractivity contribution in [3.05, 3.63) is 59.1 Å². The second-order valence-corrected chi connectivity index (χ2v) is 8.57. The summed E-state index contributed by atoms with van der Waals surface area (Å²) in [7, 11) is -3.48. The molecule has 1 aliphatic rings. The van der Waals surface area contributed by atoms with Crippen LogP contribution in [-0.2, 0) is 10.0 Å². The summed E-state index contributed by atoms with van der Waals surface area (Å²) in [4.78, 5) is 2.56. The molecule has 0 bridgehead atoms. The fraction of sp³-hybridized carbons (Fsp3) is 0.333.